The number of piperidine rings is 1. The van der Waals surface area contributed by atoms with E-state index in [1.54, 1.807) is 20.1 Å². The maximum absolute atomic E-state index is 12.2. The number of ether oxygens (including phenoxy) is 1. The van der Waals surface area contributed by atoms with Crippen LogP contribution in [0.1, 0.15) is 34.7 Å². The first-order chi connectivity index (χ1) is 14.6. The highest BCUT2D eigenvalue weighted by Crippen LogP contribution is 2.23. The summed E-state index contributed by atoms with van der Waals surface area (Å²) >= 11 is 0. The molecule has 1 saturated heterocycles. The monoisotopic (exact) mass is 409 g/mol. The van der Waals surface area contributed by atoms with Gasteiger partial charge in [-0.05, 0) is 44.4 Å². The number of rotatable bonds is 7. The highest BCUT2D eigenvalue weighted by Gasteiger charge is 2.22. The molecule has 0 saturated carbocycles. The molecule has 3 heterocycles. The highest BCUT2D eigenvalue weighted by molar-refractivity contribution is 5.92. The molecule has 2 aromatic heterocycles. The molecule has 3 aromatic rings. The van der Waals surface area contributed by atoms with Crippen molar-refractivity contribution in [3.05, 3.63) is 59.7 Å². The third kappa shape index (κ3) is 4.71. The molecule has 0 radical (unpaired) electrons. The number of para-hydroxylation sites is 2. The van der Waals surface area contributed by atoms with Crippen molar-refractivity contribution < 1.29 is 14.1 Å². The Hall–Kier alpha value is -3.13. The molecule has 1 aliphatic heterocycles. The Bertz CT molecular complexity index is 996. The van der Waals surface area contributed by atoms with Crippen LogP contribution in [-0.4, -0.2) is 52.5 Å². The van der Waals surface area contributed by atoms with Crippen LogP contribution in [0.4, 0.5) is 0 Å². The first-order valence-corrected chi connectivity index (χ1v) is 10.2. The fourth-order valence-electron chi connectivity index (χ4n) is 3.91. The minimum Gasteiger partial charge on any atom is -0.494 e. The van der Waals surface area contributed by atoms with Gasteiger partial charge in [-0.25, -0.2) is 4.68 Å². The molecule has 1 atom stereocenters. The molecule has 30 heavy (non-hydrogen) atoms. The molecule has 0 aliphatic carbocycles. The number of amides is 1. The number of hydrogen-bond acceptors (Lipinski definition) is 6. The SMILES string of the molecule is COc1ccccc1-n1cc(CN2CCC[C@H](CNC(=O)c3cc(C)on3)C2)cn1. The molecule has 0 bridgehead atoms. The summed E-state index contributed by atoms with van der Waals surface area (Å²) in [5.41, 5.74) is 2.42. The van der Waals surface area contributed by atoms with E-state index in [-0.39, 0.29) is 5.91 Å². The number of aryl methyl sites for hydroxylation is 1. The molecular weight excluding hydrogens is 382 g/mol. The van der Waals surface area contributed by atoms with Crippen LogP contribution in [0.5, 0.6) is 5.75 Å². The molecule has 0 spiro atoms. The van der Waals surface area contributed by atoms with Gasteiger partial charge < -0.3 is 14.6 Å². The number of likely N-dealkylation sites (tertiary alicyclic amines) is 1. The van der Waals surface area contributed by atoms with E-state index in [2.05, 4.69) is 26.7 Å². The summed E-state index contributed by atoms with van der Waals surface area (Å²) in [6.45, 7) is 5.24. The van der Waals surface area contributed by atoms with E-state index >= 15 is 0 Å². The van der Waals surface area contributed by atoms with Crippen LogP contribution >= 0.6 is 0 Å². The number of benzene rings is 1. The Labute approximate surface area is 175 Å². The zero-order valence-corrected chi connectivity index (χ0v) is 17.4. The number of carbonyl (C=O) groups is 1. The van der Waals surface area contributed by atoms with Gasteiger partial charge >= 0.3 is 0 Å². The van der Waals surface area contributed by atoms with Gasteiger partial charge in [-0.3, -0.25) is 9.69 Å². The second-order valence-electron chi connectivity index (χ2n) is 7.74. The fourth-order valence-corrected chi connectivity index (χ4v) is 3.91. The van der Waals surface area contributed by atoms with Crippen molar-refractivity contribution in [1.29, 1.82) is 0 Å². The zero-order chi connectivity index (χ0) is 20.9. The number of methoxy groups -OCH3 is 1. The van der Waals surface area contributed by atoms with Gasteiger partial charge in [0.25, 0.3) is 5.91 Å². The van der Waals surface area contributed by atoms with Gasteiger partial charge in [0.2, 0.25) is 0 Å². The molecule has 1 amide bonds. The van der Waals surface area contributed by atoms with Crippen molar-refractivity contribution >= 4 is 5.91 Å². The van der Waals surface area contributed by atoms with Crippen molar-refractivity contribution in [3.63, 3.8) is 0 Å². The lowest BCUT2D eigenvalue weighted by atomic mass is 9.97. The van der Waals surface area contributed by atoms with Crippen molar-refractivity contribution in [2.75, 3.05) is 26.7 Å². The third-order valence-electron chi connectivity index (χ3n) is 5.39. The summed E-state index contributed by atoms with van der Waals surface area (Å²) in [5.74, 6) is 1.67. The first-order valence-electron chi connectivity index (χ1n) is 10.2. The maximum atomic E-state index is 12.2. The average molecular weight is 409 g/mol. The smallest absolute Gasteiger partial charge is 0.273 e. The summed E-state index contributed by atoms with van der Waals surface area (Å²) < 4.78 is 12.3. The molecule has 1 fully saturated rings. The second kappa shape index (κ2) is 9.13. The van der Waals surface area contributed by atoms with Crippen molar-refractivity contribution in [2.24, 2.45) is 5.92 Å². The Morgan fingerprint density at radius 1 is 1.37 bits per heavy atom. The van der Waals surface area contributed by atoms with Gasteiger partial charge in [-0.1, -0.05) is 17.3 Å². The van der Waals surface area contributed by atoms with Gasteiger partial charge in [0.15, 0.2) is 5.69 Å². The lowest BCUT2D eigenvalue weighted by Crippen LogP contribution is -2.40. The summed E-state index contributed by atoms with van der Waals surface area (Å²) in [5, 5.41) is 11.3. The molecular formula is C22H27N5O3. The predicted octanol–water partition coefficient (Wildman–Crippen LogP) is 2.82. The summed E-state index contributed by atoms with van der Waals surface area (Å²) in [6.07, 6.45) is 6.18. The zero-order valence-electron chi connectivity index (χ0n) is 17.4. The number of nitrogens with one attached hydrogen (secondary N) is 1. The second-order valence-corrected chi connectivity index (χ2v) is 7.74. The van der Waals surface area contributed by atoms with Crippen molar-refractivity contribution in [1.82, 2.24) is 25.2 Å². The molecule has 0 unspecified atom stereocenters. The summed E-state index contributed by atoms with van der Waals surface area (Å²) in [4.78, 5) is 14.6. The van der Waals surface area contributed by atoms with Crippen LogP contribution in [-0.2, 0) is 6.54 Å². The van der Waals surface area contributed by atoms with Crippen molar-refractivity contribution in [3.8, 4) is 11.4 Å². The average Bonchev–Trinajstić information content (AvgIpc) is 3.41. The molecule has 158 valence electrons. The summed E-state index contributed by atoms with van der Waals surface area (Å²) in [6, 6.07) is 9.50. The molecule has 1 aliphatic rings. The molecule has 4 rings (SSSR count). The van der Waals surface area contributed by atoms with Crippen LogP contribution in [0.25, 0.3) is 5.69 Å². The Balaban J connectivity index is 1.32. The van der Waals surface area contributed by atoms with E-state index < -0.39 is 0 Å². The van der Waals surface area contributed by atoms with Crippen LogP contribution in [0.2, 0.25) is 0 Å². The van der Waals surface area contributed by atoms with Gasteiger partial charge in [0.1, 0.15) is 17.2 Å². The maximum Gasteiger partial charge on any atom is 0.273 e. The molecule has 8 nitrogen and oxygen atoms in total. The third-order valence-corrected chi connectivity index (χ3v) is 5.39. The molecule has 1 aromatic carbocycles. The van der Waals surface area contributed by atoms with E-state index in [1.165, 1.54) is 0 Å². The first kappa shape index (κ1) is 20.2. The highest BCUT2D eigenvalue weighted by atomic mass is 16.5. The van der Waals surface area contributed by atoms with E-state index in [1.807, 2.05) is 35.1 Å². The minimum absolute atomic E-state index is 0.179. The number of hydrogen-bond donors (Lipinski definition) is 1. The topological polar surface area (TPSA) is 85.4 Å². The number of carbonyl (C=O) groups excluding carboxylic acids is 1. The van der Waals surface area contributed by atoms with E-state index in [0.29, 0.717) is 23.9 Å². The lowest BCUT2D eigenvalue weighted by Gasteiger charge is -2.32. The number of nitrogens with zero attached hydrogens (tertiary/aromatic N) is 4. The van der Waals surface area contributed by atoms with E-state index in [4.69, 9.17) is 9.26 Å². The van der Waals surface area contributed by atoms with E-state index in [9.17, 15) is 4.79 Å². The predicted molar refractivity (Wildman–Crippen MR) is 112 cm³/mol. The largest absolute Gasteiger partial charge is 0.494 e. The van der Waals surface area contributed by atoms with Crippen LogP contribution < -0.4 is 10.1 Å². The van der Waals surface area contributed by atoms with Gasteiger partial charge in [-0.15, -0.1) is 0 Å². The fraction of sp³-hybridized carbons (Fsp3) is 0.409. The summed E-state index contributed by atoms with van der Waals surface area (Å²) in [7, 11) is 1.67. The van der Waals surface area contributed by atoms with Gasteiger partial charge in [0, 0.05) is 37.5 Å². The quantitative estimate of drug-likeness (QED) is 0.646. The lowest BCUT2D eigenvalue weighted by molar-refractivity contribution is 0.0921. The molecule has 8 heteroatoms. The normalized spacial score (nSPS) is 17.1. The van der Waals surface area contributed by atoms with Gasteiger partial charge in [0.05, 0.1) is 13.3 Å². The van der Waals surface area contributed by atoms with E-state index in [0.717, 1.165) is 49.5 Å². The standard InChI is InChI=1S/C22H27N5O3/c1-16-10-19(25-30-16)22(28)23-11-17-6-5-9-26(13-17)14-18-12-24-27(15-18)20-7-3-4-8-21(20)29-2/h3-4,7-8,10,12,15,17H,5-6,9,11,13-14H2,1-2H3,(H,23,28)/t17-/m1/s1. The number of aromatic nitrogens is 3. The molecule has 1 N–H and O–H groups in total. The van der Waals surface area contributed by atoms with Gasteiger partial charge in [-0.2, -0.15) is 5.10 Å². The minimum atomic E-state index is -0.179. The van der Waals surface area contributed by atoms with Crippen LogP contribution in [0.15, 0.2) is 47.2 Å². The Morgan fingerprint density at radius 2 is 2.23 bits per heavy atom. The van der Waals surface area contributed by atoms with Crippen LogP contribution in [0, 0.1) is 12.8 Å². The Kier molecular flexibility index (Phi) is 6.13. The van der Waals surface area contributed by atoms with Crippen molar-refractivity contribution in [2.45, 2.75) is 26.3 Å². The van der Waals surface area contributed by atoms with Crippen LogP contribution in [0.3, 0.4) is 0 Å². The Morgan fingerprint density at radius 3 is 3.03 bits per heavy atom.